The van der Waals surface area contributed by atoms with Gasteiger partial charge in [-0.1, -0.05) is 29.8 Å². The molecule has 0 aromatic heterocycles. The van der Waals surface area contributed by atoms with Crippen LogP contribution in [0.1, 0.15) is 11.1 Å². The van der Waals surface area contributed by atoms with E-state index in [1.54, 1.807) is 0 Å². The van der Waals surface area contributed by atoms with E-state index in [0.29, 0.717) is 6.07 Å². The summed E-state index contributed by atoms with van der Waals surface area (Å²) < 4.78 is 31.2. The van der Waals surface area contributed by atoms with Crippen molar-refractivity contribution in [2.75, 3.05) is 13.2 Å². The number of hydrogen-bond acceptors (Lipinski definition) is 3. The van der Waals surface area contributed by atoms with Gasteiger partial charge in [-0.2, -0.15) is 0 Å². The van der Waals surface area contributed by atoms with Gasteiger partial charge in [-0.15, -0.1) is 0 Å². The van der Waals surface area contributed by atoms with Crippen LogP contribution in [0.4, 0.5) is 8.78 Å². The summed E-state index contributed by atoms with van der Waals surface area (Å²) in [7, 11) is 0. The van der Waals surface area contributed by atoms with E-state index in [4.69, 9.17) is 4.74 Å². The predicted octanol–water partition coefficient (Wildman–Crippen LogP) is 2.71. The molecule has 7 heteroatoms. The number of benzene rings is 2. The maximum Gasteiger partial charge on any atom is 0.308 e. The Morgan fingerprint density at radius 3 is 2.62 bits per heavy atom. The Hall–Kier alpha value is -2.96. The molecule has 0 bridgehead atoms. The molecule has 2 aromatic carbocycles. The van der Waals surface area contributed by atoms with E-state index < -0.39 is 36.0 Å². The van der Waals surface area contributed by atoms with E-state index in [-0.39, 0.29) is 18.7 Å². The lowest BCUT2D eigenvalue weighted by Gasteiger charge is -2.14. The minimum absolute atomic E-state index is 0.0859. The molecule has 1 atom stereocenters. The van der Waals surface area contributed by atoms with Crippen molar-refractivity contribution >= 4 is 11.9 Å². The average Bonchev–Trinajstić information content (AvgIpc) is 2.57. The zero-order chi connectivity index (χ0) is 19.1. The van der Waals surface area contributed by atoms with Gasteiger partial charge in [0.15, 0.2) is 18.2 Å². The van der Waals surface area contributed by atoms with Gasteiger partial charge >= 0.3 is 5.97 Å². The van der Waals surface area contributed by atoms with Crippen molar-refractivity contribution in [2.24, 2.45) is 5.92 Å². The summed E-state index contributed by atoms with van der Waals surface area (Å²) in [5.74, 6) is -4.35. The van der Waals surface area contributed by atoms with Crippen molar-refractivity contribution in [3.05, 3.63) is 65.2 Å². The third kappa shape index (κ3) is 5.84. The molecule has 1 amide bonds. The predicted molar refractivity (Wildman–Crippen MR) is 90.9 cm³/mol. The van der Waals surface area contributed by atoms with Crippen molar-refractivity contribution in [3.63, 3.8) is 0 Å². The molecule has 138 valence electrons. The molecular formula is C19H19F2NO4. The summed E-state index contributed by atoms with van der Waals surface area (Å²) in [6.07, 6.45) is 0.269. The second kappa shape index (κ2) is 8.94. The maximum atomic E-state index is 13.4. The van der Waals surface area contributed by atoms with Gasteiger partial charge in [0, 0.05) is 12.6 Å². The number of aryl methyl sites for hydroxylation is 1. The van der Waals surface area contributed by atoms with E-state index in [1.807, 2.05) is 31.2 Å². The van der Waals surface area contributed by atoms with E-state index in [0.717, 1.165) is 23.3 Å². The molecule has 0 fully saturated rings. The van der Waals surface area contributed by atoms with Crippen molar-refractivity contribution in [1.29, 1.82) is 0 Å². The highest BCUT2D eigenvalue weighted by Gasteiger charge is 2.19. The average molecular weight is 363 g/mol. The molecule has 0 heterocycles. The number of carboxylic acid groups (broad SMARTS) is 1. The molecule has 0 radical (unpaired) electrons. The normalized spacial score (nSPS) is 11.7. The van der Waals surface area contributed by atoms with Crippen molar-refractivity contribution < 1.29 is 28.2 Å². The molecule has 26 heavy (non-hydrogen) atoms. The standard InChI is InChI=1S/C19H19F2NO4/c1-12-3-2-4-13(7-12)8-14(19(24)25)10-22-18(23)11-26-17-6-5-15(20)9-16(17)21/h2-7,9,14H,8,10-11H2,1H3,(H,22,23)(H,24,25). The van der Waals surface area contributed by atoms with Crippen molar-refractivity contribution in [2.45, 2.75) is 13.3 Å². The molecule has 2 rings (SSSR count). The highest BCUT2D eigenvalue weighted by Crippen LogP contribution is 2.17. The second-order valence-corrected chi connectivity index (χ2v) is 5.90. The number of nitrogens with one attached hydrogen (secondary N) is 1. The highest BCUT2D eigenvalue weighted by molar-refractivity contribution is 5.78. The van der Waals surface area contributed by atoms with Crippen LogP contribution in [0, 0.1) is 24.5 Å². The largest absolute Gasteiger partial charge is 0.481 e. The fourth-order valence-corrected chi connectivity index (χ4v) is 2.39. The molecule has 2 N–H and O–H groups in total. The number of carbonyl (C=O) groups is 2. The molecule has 0 aliphatic rings. The molecular weight excluding hydrogens is 344 g/mol. The van der Waals surface area contributed by atoms with E-state index in [2.05, 4.69) is 5.32 Å². The topological polar surface area (TPSA) is 75.6 Å². The molecule has 0 aliphatic heterocycles. The van der Waals surface area contributed by atoms with E-state index >= 15 is 0 Å². The summed E-state index contributed by atoms with van der Waals surface area (Å²) in [5, 5.41) is 11.8. The van der Waals surface area contributed by atoms with Gasteiger partial charge in [0.2, 0.25) is 0 Å². The van der Waals surface area contributed by atoms with Gasteiger partial charge < -0.3 is 15.2 Å². The van der Waals surface area contributed by atoms with Gasteiger partial charge in [0.05, 0.1) is 5.92 Å². The minimum Gasteiger partial charge on any atom is -0.481 e. The summed E-state index contributed by atoms with van der Waals surface area (Å²) in [5.41, 5.74) is 1.88. The lowest BCUT2D eigenvalue weighted by Crippen LogP contribution is -2.36. The summed E-state index contributed by atoms with van der Waals surface area (Å²) in [6, 6.07) is 10.2. The van der Waals surface area contributed by atoms with Gasteiger partial charge in [0.25, 0.3) is 5.91 Å². The number of hydrogen-bond donors (Lipinski definition) is 2. The summed E-state index contributed by atoms with van der Waals surface area (Å²) >= 11 is 0. The SMILES string of the molecule is Cc1cccc(CC(CNC(=O)COc2ccc(F)cc2F)C(=O)O)c1. The lowest BCUT2D eigenvalue weighted by molar-refractivity contribution is -0.141. The van der Waals surface area contributed by atoms with Crippen molar-refractivity contribution in [3.8, 4) is 5.75 Å². The third-order valence-corrected chi connectivity index (χ3v) is 3.71. The third-order valence-electron chi connectivity index (χ3n) is 3.71. The van der Waals surface area contributed by atoms with Gasteiger partial charge in [-0.3, -0.25) is 9.59 Å². The summed E-state index contributed by atoms with van der Waals surface area (Å²) in [4.78, 5) is 23.2. The van der Waals surface area contributed by atoms with Crippen LogP contribution in [0.25, 0.3) is 0 Å². The highest BCUT2D eigenvalue weighted by atomic mass is 19.1. The first-order chi connectivity index (χ1) is 12.3. The number of rotatable bonds is 8. The zero-order valence-electron chi connectivity index (χ0n) is 14.2. The number of ether oxygens (including phenoxy) is 1. The fourth-order valence-electron chi connectivity index (χ4n) is 2.39. The Bertz CT molecular complexity index is 795. The second-order valence-electron chi connectivity index (χ2n) is 5.90. The van der Waals surface area contributed by atoms with Crippen LogP contribution in [0.2, 0.25) is 0 Å². The van der Waals surface area contributed by atoms with Crippen LogP contribution in [0.5, 0.6) is 5.75 Å². The quantitative estimate of drug-likeness (QED) is 0.756. The Kier molecular flexibility index (Phi) is 6.66. The zero-order valence-corrected chi connectivity index (χ0v) is 14.2. The lowest BCUT2D eigenvalue weighted by atomic mass is 9.98. The van der Waals surface area contributed by atoms with Crippen LogP contribution in [0.15, 0.2) is 42.5 Å². The number of carbonyl (C=O) groups excluding carboxylic acids is 1. The molecule has 0 saturated heterocycles. The minimum atomic E-state index is -1.03. The van der Waals surface area contributed by atoms with Crippen LogP contribution in [0.3, 0.4) is 0 Å². The van der Waals surface area contributed by atoms with Gasteiger partial charge in [-0.25, -0.2) is 8.78 Å². The Labute approximate surface area is 149 Å². The molecule has 1 unspecified atom stereocenters. The Balaban J connectivity index is 1.86. The molecule has 0 spiro atoms. The van der Waals surface area contributed by atoms with Crippen LogP contribution >= 0.6 is 0 Å². The maximum absolute atomic E-state index is 13.4. The number of amides is 1. The molecule has 0 saturated carbocycles. The number of halogens is 2. The monoisotopic (exact) mass is 363 g/mol. The number of carboxylic acids is 1. The van der Waals surface area contributed by atoms with Gasteiger partial charge in [0.1, 0.15) is 5.82 Å². The van der Waals surface area contributed by atoms with Crippen LogP contribution < -0.4 is 10.1 Å². The number of aliphatic carboxylic acids is 1. The first kappa shape index (κ1) is 19.4. The van der Waals surface area contributed by atoms with Gasteiger partial charge in [-0.05, 0) is 31.0 Å². The Morgan fingerprint density at radius 1 is 1.19 bits per heavy atom. The molecule has 2 aromatic rings. The first-order valence-corrected chi connectivity index (χ1v) is 7.98. The van der Waals surface area contributed by atoms with E-state index in [9.17, 15) is 23.5 Å². The van der Waals surface area contributed by atoms with E-state index in [1.165, 1.54) is 0 Å². The molecule has 5 nitrogen and oxygen atoms in total. The smallest absolute Gasteiger partial charge is 0.308 e. The summed E-state index contributed by atoms with van der Waals surface area (Å²) in [6.45, 7) is 1.32. The van der Waals surface area contributed by atoms with Crippen LogP contribution in [-0.2, 0) is 16.0 Å². The van der Waals surface area contributed by atoms with Crippen molar-refractivity contribution in [1.82, 2.24) is 5.32 Å². The first-order valence-electron chi connectivity index (χ1n) is 7.98. The molecule has 0 aliphatic carbocycles. The van der Waals surface area contributed by atoms with Crippen LogP contribution in [-0.4, -0.2) is 30.1 Å². The fraction of sp³-hybridized carbons (Fsp3) is 0.263. The Morgan fingerprint density at radius 2 is 1.96 bits per heavy atom.